The molecule has 0 bridgehead atoms. The van der Waals surface area contributed by atoms with Crippen molar-refractivity contribution >= 4 is 34.8 Å². The molecular formula is C27H18N2O7. The summed E-state index contributed by atoms with van der Waals surface area (Å²) in [5.41, 5.74) is -0.461. The molecule has 2 saturated heterocycles. The van der Waals surface area contributed by atoms with Gasteiger partial charge in [0.1, 0.15) is 0 Å². The van der Waals surface area contributed by atoms with Gasteiger partial charge in [0.2, 0.25) is 29.0 Å². The van der Waals surface area contributed by atoms with Crippen LogP contribution in [0.3, 0.4) is 0 Å². The van der Waals surface area contributed by atoms with Crippen LogP contribution in [0.1, 0.15) is 37.9 Å². The van der Waals surface area contributed by atoms with Crippen LogP contribution < -0.4 is 4.90 Å². The number of Topliss-reactive ketones (excluding diaryl/α,β-unsaturated/α-hetero) is 2. The molecule has 0 unspecified atom stereocenters. The number of carbonyl (C=O) groups excluding carboxylic acids is 4. The Labute approximate surface area is 204 Å². The highest BCUT2D eigenvalue weighted by molar-refractivity contribution is 6.37. The summed E-state index contributed by atoms with van der Waals surface area (Å²) in [6.07, 6.45) is -1.13. The average Bonchev–Trinajstić information content (AvgIpc) is 3.45. The summed E-state index contributed by atoms with van der Waals surface area (Å²) in [5, 5.41) is 11.1. The summed E-state index contributed by atoms with van der Waals surface area (Å²) in [6, 6.07) is 18.4. The number of aryl methyl sites for hydroxylation is 1. The van der Waals surface area contributed by atoms with E-state index in [0.717, 1.165) is 10.5 Å². The molecule has 3 aromatic rings. The first-order chi connectivity index (χ1) is 17.3. The van der Waals surface area contributed by atoms with Crippen LogP contribution in [-0.2, 0) is 14.3 Å². The number of carbonyl (C=O) groups is 4. The number of nitro benzene ring substituents is 1. The molecule has 1 aliphatic carbocycles. The van der Waals surface area contributed by atoms with Crippen LogP contribution >= 0.6 is 0 Å². The Hall–Kier alpha value is -4.50. The summed E-state index contributed by atoms with van der Waals surface area (Å²) in [4.78, 5) is 66.6. The summed E-state index contributed by atoms with van der Waals surface area (Å²) >= 11 is 0. The lowest BCUT2D eigenvalue weighted by atomic mass is 9.77. The summed E-state index contributed by atoms with van der Waals surface area (Å²) in [5.74, 6) is -5.14. The van der Waals surface area contributed by atoms with Crippen molar-refractivity contribution in [2.45, 2.75) is 18.6 Å². The first kappa shape index (κ1) is 22.0. The van der Waals surface area contributed by atoms with Gasteiger partial charge in [-0.15, -0.1) is 0 Å². The standard InChI is InChI=1S/C27H18N2O7/c1-14-6-10-16(11-7-14)28-25(32)20-21(26(28)33)27(23(30)18-4-2-3-5-19(18)24(27)31)36-22(20)15-8-12-17(13-9-15)29(34)35/h2-13,20-22H,1H3/t20-,21-,22-/m1/s1. The second-order valence-corrected chi connectivity index (χ2v) is 9.18. The van der Waals surface area contributed by atoms with Crippen molar-refractivity contribution in [3.8, 4) is 0 Å². The summed E-state index contributed by atoms with van der Waals surface area (Å²) < 4.78 is 6.18. The Morgan fingerprint density at radius 2 is 1.42 bits per heavy atom. The van der Waals surface area contributed by atoms with Crippen molar-refractivity contribution in [1.29, 1.82) is 0 Å². The number of amides is 2. The number of imide groups is 1. The van der Waals surface area contributed by atoms with Gasteiger partial charge in [-0.2, -0.15) is 0 Å². The fourth-order valence-electron chi connectivity index (χ4n) is 5.55. The van der Waals surface area contributed by atoms with Crippen LogP contribution in [0, 0.1) is 28.9 Å². The lowest BCUT2D eigenvalue weighted by Crippen LogP contribution is -2.51. The fourth-order valence-corrected chi connectivity index (χ4v) is 5.55. The number of benzene rings is 3. The van der Waals surface area contributed by atoms with E-state index in [2.05, 4.69) is 0 Å². The third-order valence-corrected chi connectivity index (χ3v) is 7.24. The van der Waals surface area contributed by atoms with E-state index < -0.39 is 51.8 Å². The minimum absolute atomic E-state index is 0.139. The molecule has 3 atom stereocenters. The topological polar surface area (TPSA) is 124 Å². The van der Waals surface area contributed by atoms with Gasteiger partial charge in [0.15, 0.2) is 0 Å². The molecule has 6 rings (SSSR count). The lowest BCUT2D eigenvalue weighted by molar-refractivity contribution is -0.384. The van der Waals surface area contributed by atoms with Gasteiger partial charge in [-0.05, 0) is 36.8 Å². The third kappa shape index (κ3) is 2.74. The van der Waals surface area contributed by atoms with Crippen molar-refractivity contribution in [2.75, 3.05) is 4.90 Å². The molecule has 2 aliphatic heterocycles. The highest BCUT2D eigenvalue weighted by Crippen LogP contribution is 2.57. The minimum atomic E-state index is -2.19. The highest BCUT2D eigenvalue weighted by Gasteiger charge is 2.74. The molecule has 0 radical (unpaired) electrons. The molecule has 3 aromatic carbocycles. The van der Waals surface area contributed by atoms with E-state index in [1.165, 1.54) is 36.4 Å². The van der Waals surface area contributed by atoms with Crippen molar-refractivity contribution in [3.63, 3.8) is 0 Å². The average molecular weight is 482 g/mol. The Morgan fingerprint density at radius 1 is 0.833 bits per heavy atom. The van der Waals surface area contributed by atoms with Gasteiger partial charge in [-0.1, -0.05) is 42.0 Å². The van der Waals surface area contributed by atoms with Gasteiger partial charge in [0.05, 0.1) is 28.6 Å². The van der Waals surface area contributed by atoms with Gasteiger partial charge in [-0.3, -0.25) is 29.3 Å². The van der Waals surface area contributed by atoms with E-state index >= 15 is 0 Å². The second kappa shape index (κ2) is 7.50. The largest absolute Gasteiger partial charge is 0.349 e. The SMILES string of the molecule is Cc1ccc(N2C(=O)[C@H]3[C@@H](c4ccc([N+](=O)[O-])cc4)OC4(C(=O)c5ccccc5C4=O)[C@H]3C2=O)cc1. The molecule has 9 heteroatoms. The van der Waals surface area contributed by atoms with Gasteiger partial charge in [0, 0.05) is 23.3 Å². The summed E-state index contributed by atoms with van der Waals surface area (Å²) in [6.45, 7) is 1.87. The normalized spacial score (nSPS) is 23.9. The van der Waals surface area contributed by atoms with E-state index in [0.29, 0.717) is 11.3 Å². The van der Waals surface area contributed by atoms with Crippen LogP contribution in [0.25, 0.3) is 0 Å². The van der Waals surface area contributed by atoms with Crippen LogP contribution in [-0.4, -0.2) is 33.9 Å². The Bertz CT molecular complexity index is 1460. The van der Waals surface area contributed by atoms with Gasteiger partial charge >= 0.3 is 0 Å². The molecule has 36 heavy (non-hydrogen) atoms. The quantitative estimate of drug-likeness (QED) is 0.242. The van der Waals surface area contributed by atoms with E-state index in [-0.39, 0.29) is 16.8 Å². The number of rotatable bonds is 3. The number of hydrogen-bond acceptors (Lipinski definition) is 7. The van der Waals surface area contributed by atoms with Gasteiger partial charge in [0.25, 0.3) is 5.69 Å². The number of ketones is 2. The molecule has 2 amide bonds. The predicted molar refractivity (Wildman–Crippen MR) is 125 cm³/mol. The number of fused-ring (bicyclic) bond motifs is 3. The number of anilines is 1. The van der Waals surface area contributed by atoms with E-state index in [1.807, 2.05) is 6.92 Å². The number of non-ortho nitro benzene ring substituents is 1. The van der Waals surface area contributed by atoms with Crippen LogP contribution in [0.4, 0.5) is 11.4 Å². The third-order valence-electron chi connectivity index (χ3n) is 7.24. The Balaban J connectivity index is 1.52. The van der Waals surface area contributed by atoms with Gasteiger partial charge < -0.3 is 4.74 Å². The first-order valence-corrected chi connectivity index (χ1v) is 11.3. The molecule has 9 nitrogen and oxygen atoms in total. The lowest BCUT2D eigenvalue weighted by Gasteiger charge is -2.27. The number of hydrogen-bond donors (Lipinski definition) is 0. The molecule has 2 fully saturated rings. The molecule has 178 valence electrons. The zero-order chi connectivity index (χ0) is 25.4. The summed E-state index contributed by atoms with van der Waals surface area (Å²) in [7, 11) is 0. The van der Waals surface area contributed by atoms with Crippen molar-refractivity contribution in [1.82, 2.24) is 0 Å². The van der Waals surface area contributed by atoms with Crippen LogP contribution in [0.2, 0.25) is 0 Å². The Kier molecular flexibility index (Phi) is 4.58. The van der Waals surface area contributed by atoms with E-state index in [9.17, 15) is 29.3 Å². The van der Waals surface area contributed by atoms with Crippen molar-refractivity contribution < 1.29 is 28.8 Å². The molecule has 0 saturated carbocycles. The second-order valence-electron chi connectivity index (χ2n) is 9.18. The fraction of sp³-hybridized carbons (Fsp3) is 0.185. The van der Waals surface area contributed by atoms with Crippen LogP contribution in [0.15, 0.2) is 72.8 Å². The number of nitro groups is 1. The molecule has 2 heterocycles. The Morgan fingerprint density at radius 3 is 1.97 bits per heavy atom. The maximum absolute atomic E-state index is 13.8. The molecule has 3 aliphatic rings. The molecule has 0 N–H and O–H groups in total. The van der Waals surface area contributed by atoms with Crippen molar-refractivity contribution in [2.24, 2.45) is 11.8 Å². The number of ether oxygens (including phenoxy) is 1. The first-order valence-electron chi connectivity index (χ1n) is 11.3. The maximum Gasteiger partial charge on any atom is 0.269 e. The molecule has 1 spiro atoms. The van der Waals surface area contributed by atoms with Gasteiger partial charge in [-0.25, -0.2) is 4.90 Å². The molecule has 0 aromatic heterocycles. The highest BCUT2D eigenvalue weighted by atomic mass is 16.6. The van der Waals surface area contributed by atoms with Crippen molar-refractivity contribution in [3.05, 3.63) is 105 Å². The maximum atomic E-state index is 13.8. The monoisotopic (exact) mass is 482 g/mol. The minimum Gasteiger partial charge on any atom is -0.349 e. The van der Waals surface area contributed by atoms with E-state index in [4.69, 9.17) is 4.74 Å². The zero-order valence-electron chi connectivity index (χ0n) is 18.9. The van der Waals surface area contributed by atoms with Crippen LogP contribution in [0.5, 0.6) is 0 Å². The zero-order valence-corrected chi connectivity index (χ0v) is 18.9. The smallest absolute Gasteiger partial charge is 0.269 e. The van der Waals surface area contributed by atoms with E-state index in [1.54, 1.807) is 36.4 Å². The number of nitrogens with zero attached hydrogens (tertiary/aromatic N) is 2. The predicted octanol–water partition coefficient (Wildman–Crippen LogP) is 3.60. The molecular weight excluding hydrogens is 464 g/mol.